The molecule has 0 saturated heterocycles. The lowest BCUT2D eigenvalue weighted by Gasteiger charge is -2.21. The van der Waals surface area contributed by atoms with E-state index in [-0.39, 0.29) is 6.03 Å². The minimum absolute atomic E-state index is 0.158. The van der Waals surface area contributed by atoms with Crippen LogP contribution < -0.4 is 10.6 Å². The van der Waals surface area contributed by atoms with Crippen LogP contribution in [0.5, 0.6) is 0 Å². The van der Waals surface area contributed by atoms with Gasteiger partial charge in [0.05, 0.1) is 0 Å². The molecule has 2 amide bonds. The van der Waals surface area contributed by atoms with Crippen LogP contribution in [0.4, 0.5) is 10.6 Å². The Morgan fingerprint density at radius 2 is 2.24 bits per heavy atom. The summed E-state index contributed by atoms with van der Waals surface area (Å²) in [5.41, 5.74) is 0. The number of hydrogen-bond donors (Lipinski definition) is 2. The monoisotopic (exact) mass is 236 g/mol. The third-order valence-electron chi connectivity index (χ3n) is 3.23. The molecule has 0 spiro atoms. The number of aryl methyl sites for hydroxylation is 1. The highest BCUT2D eigenvalue weighted by Crippen LogP contribution is 2.22. The maximum Gasteiger partial charge on any atom is 0.320 e. The van der Waals surface area contributed by atoms with Crippen LogP contribution in [0.15, 0.2) is 12.3 Å². The lowest BCUT2D eigenvalue weighted by molar-refractivity contribution is 0.247. The summed E-state index contributed by atoms with van der Waals surface area (Å²) >= 11 is 0. The summed E-state index contributed by atoms with van der Waals surface area (Å²) in [6.07, 6.45) is 8.23. The molecule has 17 heavy (non-hydrogen) atoms. The van der Waals surface area contributed by atoms with Crippen molar-refractivity contribution < 1.29 is 4.79 Å². The number of amides is 2. The SMILES string of the molecule is Cn1ccc(NC(=O)NCC2CCCCC2)n1. The summed E-state index contributed by atoms with van der Waals surface area (Å²) in [5, 5.41) is 9.72. The van der Waals surface area contributed by atoms with Gasteiger partial charge in [-0.15, -0.1) is 0 Å². The second-order valence-electron chi connectivity index (χ2n) is 4.71. The molecule has 1 aromatic heterocycles. The second-order valence-corrected chi connectivity index (χ2v) is 4.71. The molecule has 2 N–H and O–H groups in total. The highest BCUT2D eigenvalue weighted by molar-refractivity contribution is 5.88. The van der Waals surface area contributed by atoms with E-state index in [1.807, 2.05) is 7.05 Å². The number of anilines is 1. The molecule has 1 aliphatic carbocycles. The first-order chi connectivity index (χ1) is 8.24. The predicted molar refractivity (Wildman–Crippen MR) is 66.8 cm³/mol. The minimum Gasteiger partial charge on any atom is -0.338 e. The number of carbonyl (C=O) groups is 1. The third kappa shape index (κ3) is 3.76. The molecule has 1 saturated carbocycles. The van der Waals surface area contributed by atoms with E-state index < -0.39 is 0 Å². The smallest absolute Gasteiger partial charge is 0.320 e. The molecule has 1 heterocycles. The number of nitrogens with one attached hydrogen (secondary N) is 2. The van der Waals surface area contributed by atoms with E-state index in [0.29, 0.717) is 11.7 Å². The standard InChI is InChI=1S/C12H20N4O/c1-16-8-7-11(15-16)14-12(17)13-9-10-5-3-2-4-6-10/h7-8,10H,2-6,9H2,1H3,(H2,13,14,15,17). The number of aromatic nitrogens is 2. The summed E-state index contributed by atoms with van der Waals surface area (Å²) in [7, 11) is 1.82. The van der Waals surface area contributed by atoms with Crippen molar-refractivity contribution in [1.29, 1.82) is 0 Å². The summed E-state index contributed by atoms with van der Waals surface area (Å²) in [6.45, 7) is 0.776. The zero-order valence-electron chi connectivity index (χ0n) is 10.3. The molecule has 1 aliphatic rings. The van der Waals surface area contributed by atoms with Gasteiger partial charge in [-0.2, -0.15) is 5.10 Å². The molecular weight excluding hydrogens is 216 g/mol. The fourth-order valence-electron chi connectivity index (χ4n) is 2.27. The molecule has 2 rings (SSSR count). The van der Waals surface area contributed by atoms with Crippen LogP contribution in [0.2, 0.25) is 0 Å². The Balaban J connectivity index is 1.70. The van der Waals surface area contributed by atoms with Gasteiger partial charge in [-0.3, -0.25) is 10.00 Å². The quantitative estimate of drug-likeness (QED) is 0.844. The molecule has 0 unspecified atom stereocenters. The Labute approximate surface area is 102 Å². The van der Waals surface area contributed by atoms with E-state index in [1.165, 1.54) is 32.1 Å². The predicted octanol–water partition coefficient (Wildman–Crippen LogP) is 2.12. The number of carbonyl (C=O) groups excluding carboxylic acids is 1. The van der Waals surface area contributed by atoms with Crippen LogP contribution >= 0.6 is 0 Å². The van der Waals surface area contributed by atoms with Crippen molar-refractivity contribution in [1.82, 2.24) is 15.1 Å². The highest BCUT2D eigenvalue weighted by Gasteiger charge is 2.14. The fraction of sp³-hybridized carbons (Fsp3) is 0.667. The Hall–Kier alpha value is -1.52. The Morgan fingerprint density at radius 3 is 2.88 bits per heavy atom. The maximum absolute atomic E-state index is 11.6. The van der Waals surface area contributed by atoms with E-state index in [2.05, 4.69) is 15.7 Å². The molecule has 5 heteroatoms. The van der Waals surface area contributed by atoms with Crippen LogP contribution in [0, 0.1) is 5.92 Å². The number of urea groups is 1. The van der Waals surface area contributed by atoms with Crippen LogP contribution in [0.1, 0.15) is 32.1 Å². The summed E-state index contributed by atoms with van der Waals surface area (Å²) in [5.74, 6) is 1.24. The zero-order chi connectivity index (χ0) is 12.1. The van der Waals surface area contributed by atoms with Crippen LogP contribution in [0.3, 0.4) is 0 Å². The lowest BCUT2D eigenvalue weighted by atomic mass is 9.89. The van der Waals surface area contributed by atoms with Crippen molar-refractivity contribution >= 4 is 11.8 Å². The van der Waals surface area contributed by atoms with E-state index in [1.54, 1.807) is 16.9 Å². The molecular formula is C12H20N4O. The molecule has 94 valence electrons. The molecule has 0 aromatic carbocycles. The Bertz CT molecular complexity index is 368. The Morgan fingerprint density at radius 1 is 1.47 bits per heavy atom. The van der Waals surface area contributed by atoms with Gasteiger partial charge in [-0.05, 0) is 18.8 Å². The first-order valence-corrected chi connectivity index (χ1v) is 6.28. The van der Waals surface area contributed by atoms with Crippen molar-refractivity contribution in [3.8, 4) is 0 Å². The van der Waals surface area contributed by atoms with Crippen molar-refractivity contribution in [2.45, 2.75) is 32.1 Å². The molecule has 5 nitrogen and oxygen atoms in total. The Kier molecular flexibility index (Phi) is 4.01. The first-order valence-electron chi connectivity index (χ1n) is 6.28. The lowest BCUT2D eigenvalue weighted by Crippen LogP contribution is -2.33. The van der Waals surface area contributed by atoms with Gasteiger partial charge in [0, 0.05) is 25.9 Å². The third-order valence-corrected chi connectivity index (χ3v) is 3.23. The number of rotatable bonds is 3. The second kappa shape index (κ2) is 5.70. The molecule has 0 atom stereocenters. The zero-order valence-corrected chi connectivity index (χ0v) is 10.3. The average Bonchev–Trinajstić information content (AvgIpc) is 2.73. The minimum atomic E-state index is -0.158. The fourth-order valence-corrected chi connectivity index (χ4v) is 2.27. The van der Waals surface area contributed by atoms with Gasteiger partial charge in [-0.25, -0.2) is 4.79 Å². The van der Waals surface area contributed by atoms with Gasteiger partial charge in [0.15, 0.2) is 5.82 Å². The van der Waals surface area contributed by atoms with Crippen LogP contribution in [0.25, 0.3) is 0 Å². The van der Waals surface area contributed by atoms with Crippen molar-refractivity contribution in [3.05, 3.63) is 12.3 Å². The molecule has 0 aliphatic heterocycles. The van der Waals surface area contributed by atoms with Gasteiger partial charge in [0.1, 0.15) is 0 Å². The average molecular weight is 236 g/mol. The highest BCUT2D eigenvalue weighted by atomic mass is 16.2. The maximum atomic E-state index is 11.6. The molecule has 0 radical (unpaired) electrons. The van der Waals surface area contributed by atoms with Crippen LogP contribution in [-0.4, -0.2) is 22.4 Å². The summed E-state index contributed by atoms with van der Waals surface area (Å²) < 4.78 is 1.66. The number of nitrogens with zero attached hydrogens (tertiary/aromatic N) is 2. The summed E-state index contributed by atoms with van der Waals surface area (Å²) in [4.78, 5) is 11.6. The van der Waals surface area contributed by atoms with E-state index in [0.717, 1.165) is 6.54 Å². The molecule has 1 aromatic rings. The summed E-state index contributed by atoms with van der Waals surface area (Å²) in [6, 6.07) is 1.62. The van der Waals surface area contributed by atoms with Crippen molar-refractivity contribution in [2.75, 3.05) is 11.9 Å². The van der Waals surface area contributed by atoms with E-state index in [9.17, 15) is 4.79 Å². The van der Waals surface area contributed by atoms with Crippen LogP contribution in [-0.2, 0) is 7.05 Å². The van der Waals surface area contributed by atoms with E-state index in [4.69, 9.17) is 0 Å². The van der Waals surface area contributed by atoms with Crippen molar-refractivity contribution in [3.63, 3.8) is 0 Å². The van der Waals surface area contributed by atoms with Gasteiger partial charge in [-0.1, -0.05) is 19.3 Å². The largest absolute Gasteiger partial charge is 0.338 e. The molecule has 1 fully saturated rings. The van der Waals surface area contributed by atoms with Gasteiger partial charge in [0.2, 0.25) is 0 Å². The first kappa shape index (κ1) is 12.0. The topological polar surface area (TPSA) is 59.0 Å². The van der Waals surface area contributed by atoms with E-state index >= 15 is 0 Å². The normalized spacial score (nSPS) is 16.8. The van der Waals surface area contributed by atoms with Gasteiger partial charge < -0.3 is 5.32 Å². The molecule has 0 bridgehead atoms. The van der Waals surface area contributed by atoms with Crippen molar-refractivity contribution in [2.24, 2.45) is 13.0 Å². The number of hydrogen-bond acceptors (Lipinski definition) is 2. The van der Waals surface area contributed by atoms with Gasteiger partial charge in [0.25, 0.3) is 0 Å². The van der Waals surface area contributed by atoms with Gasteiger partial charge >= 0.3 is 6.03 Å².